The van der Waals surface area contributed by atoms with E-state index in [2.05, 4.69) is 4.98 Å². The Balaban J connectivity index is 2.05. The number of benzene rings is 2. The third kappa shape index (κ3) is 5.41. The van der Waals surface area contributed by atoms with Gasteiger partial charge in [0.1, 0.15) is 11.6 Å². The molecule has 198 valence electrons. The molecule has 0 amide bonds. The molecular weight excluding hydrogens is 558 g/mol. The van der Waals surface area contributed by atoms with Gasteiger partial charge in [-0.05, 0) is 24.3 Å². The Morgan fingerprint density at radius 3 is 1.05 bits per heavy atom. The third-order valence-electron chi connectivity index (χ3n) is 4.50. The summed E-state index contributed by atoms with van der Waals surface area (Å²) in [6, 6.07) is 7.55. The van der Waals surface area contributed by atoms with Gasteiger partial charge >= 0.3 is 0 Å². The zero-order valence-corrected chi connectivity index (χ0v) is 19.8. The van der Waals surface area contributed by atoms with E-state index < -0.39 is 83.9 Å². The van der Waals surface area contributed by atoms with Crippen LogP contribution < -0.4 is 9.44 Å². The number of hydrogen-bond acceptors (Lipinski definition) is 13. The fourth-order valence-corrected chi connectivity index (χ4v) is 5.73. The maximum Gasteiger partial charge on any atom is 0.297 e. The van der Waals surface area contributed by atoms with E-state index >= 15 is 0 Å². The minimum Gasteiger partial charge on any atom is -0.263 e. The van der Waals surface area contributed by atoms with Crippen molar-refractivity contribution in [3.8, 4) is 0 Å². The lowest BCUT2D eigenvalue weighted by Crippen LogP contribution is -2.19. The van der Waals surface area contributed by atoms with Crippen LogP contribution >= 0.6 is 0 Å². The quantitative estimate of drug-likeness (QED) is 0.262. The fraction of sp³-hybridized carbons (Fsp3) is 0. The van der Waals surface area contributed by atoms with Gasteiger partial charge in [0.05, 0.1) is 19.7 Å². The topological polar surface area (TPSA) is 278 Å². The molecule has 0 unspecified atom stereocenters. The zero-order chi connectivity index (χ0) is 28.4. The number of hydrogen-bond donors (Lipinski definition) is 2. The van der Waals surface area contributed by atoms with Crippen molar-refractivity contribution in [3.63, 3.8) is 0 Å². The highest BCUT2D eigenvalue weighted by molar-refractivity contribution is 7.93. The highest BCUT2D eigenvalue weighted by Gasteiger charge is 2.37. The maximum absolute atomic E-state index is 12.9. The van der Waals surface area contributed by atoms with Gasteiger partial charge in [0.15, 0.2) is 0 Å². The number of nitrogens with one attached hydrogen (secondary N) is 2. The van der Waals surface area contributed by atoms with Crippen molar-refractivity contribution in [1.82, 2.24) is 4.98 Å². The smallest absolute Gasteiger partial charge is 0.263 e. The fourth-order valence-electron chi connectivity index (χ4n) is 3.08. The monoisotopic (exact) mass is 569 g/mol. The second kappa shape index (κ2) is 9.98. The number of pyridine rings is 1. The highest BCUT2D eigenvalue weighted by Crippen LogP contribution is 2.35. The van der Waals surface area contributed by atoms with Gasteiger partial charge in [0.2, 0.25) is 9.79 Å². The molecule has 1 aromatic heterocycles. The van der Waals surface area contributed by atoms with Crippen LogP contribution in [-0.4, -0.2) is 41.5 Å². The van der Waals surface area contributed by atoms with E-state index in [0.29, 0.717) is 24.3 Å². The van der Waals surface area contributed by atoms with E-state index in [1.54, 1.807) is 9.44 Å². The predicted molar refractivity (Wildman–Crippen MR) is 125 cm³/mol. The van der Waals surface area contributed by atoms with Crippen molar-refractivity contribution >= 4 is 54.4 Å². The Kier molecular flexibility index (Phi) is 7.16. The van der Waals surface area contributed by atoms with Gasteiger partial charge in [0, 0.05) is 24.3 Å². The molecule has 0 aliphatic rings. The van der Waals surface area contributed by atoms with Gasteiger partial charge in [-0.25, -0.2) is 21.8 Å². The van der Waals surface area contributed by atoms with Crippen LogP contribution in [0.1, 0.15) is 0 Å². The molecule has 21 heteroatoms. The van der Waals surface area contributed by atoms with E-state index in [4.69, 9.17) is 0 Å². The van der Waals surface area contributed by atoms with Gasteiger partial charge in [0.25, 0.3) is 42.8 Å². The number of nitrogens with zero attached hydrogens (tertiary/aromatic N) is 5. The van der Waals surface area contributed by atoms with Crippen molar-refractivity contribution in [2.45, 2.75) is 9.79 Å². The Labute approximate surface area is 210 Å². The molecule has 0 saturated carbocycles. The molecule has 3 aromatic rings. The van der Waals surface area contributed by atoms with Crippen LogP contribution in [0.4, 0.5) is 34.4 Å². The van der Waals surface area contributed by atoms with E-state index in [-0.39, 0.29) is 0 Å². The van der Waals surface area contributed by atoms with Crippen molar-refractivity contribution in [2.24, 2.45) is 0 Å². The third-order valence-corrected chi connectivity index (χ3v) is 7.37. The first-order valence-electron chi connectivity index (χ1n) is 9.52. The second-order valence-corrected chi connectivity index (χ2v) is 10.1. The summed E-state index contributed by atoms with van der Waals surface area (Å²) in [6.45, 7) is 0. The van der Waals surface area contributed by atoms with Crippen molar-refractivity contribution in [3.05, 3.63) is 95.1 Å². The summed E-state index contributed by atoms with van der Waals surface area (Å²) in [6.07, 6.45) is 0. The van der Waals surface area contributed by atoms with Crippen molar-refractivity contribution in [2.75, 3.05) is 9.44 Å². The summed E-state index contributed by atoms with van der Waals surface area (Å²) in [4.78, 5) is 41.5. The molecule has 0 spiro atoms. The summed E-state index contributed by atoms with van der Waals surface area (Å²) in [5, 5.41) is 45.2. The van der Waals surface area contributed by atoms with Gasteiger partial charge in [-0.2, -0.15) is 0 Å². The van der Waals surface area contributed by atoms with Crippen LogP contribution in [0.25, 0.3) is 0 Å². The Bertz CT molecular complexity index is 1540. The highest BCUT2D eigenvalue weighted by atomic mass is 32.2. The second-order valence-electron chi connectivity index (χ2n) is 6.90. The van der Waals surface area contributed by atoms with Crippen LogP contribution in [0, 0.1) is 40.5 Å². The van der Waals surface area contributed by atoms with Gasteiger partial charge in [-0.3, -0.25) is 49.9 Å². The van der Waals surface area contributed by atoms with E-state index in [0.717, 1.165) is 30.3 Å². The zero-order valence-electron chi connectivity index (χ0n) is 18.1. The lowest BCUT2D eigenvalue weighted by molar-refractivity contribution is -0.400. The first-order valence-corrected chi connectivity index (χ1v) is 12.5. The predicted octanol–water partition coefficient (Wildman–Crippen LogP) is 2.32. The Morgan fingerprint density at radius 1 is 0.526 bits per heavy atom. The minimum atomic E-state index is -5.06. The SMILES string of the molecule is O=[N+]([O-])c1cccc([N+](=O)[O-])c1S(=O)(=O)Nc1cccc(NS(=O)(=O)c2c([N+](=O)[O-])cccc2[N+](=O)[O-])n1. The minimum absolute atomic E-state index is 0.685. The van der Waals surface area contributed by atoms with Crippen LogP contribution in [0.15, 0.2) is 64.4 Å². The Hall–Kier alpha value is -5.31. The van der Waals surface area contributed by atoms with E-state index in [9.17, 15) is 57.3 Å². The molecule has 0 atom stereocenters. The lowest BCUT2D eigenvalue weighted by Gasteiger charge is -2.11. The van der Waals surface area contributed by atoms with Crippen LogP contribution in [0.3, 0.4) is 0 Å². The molecule has 0 aliphatic carbocycles. The molecule has 0 aliphatic heterocycles. The molecular formula is C17H11N7O12S2. The molecule has 0 fully saturated rings. The molecule has 2 aromatic carbocycles. The maximum atomic E-state index is 12.9. The average molecular weight is 569 g/mol. The largest absolute Gasteiger partial charge is 0.297 e. The molecule has 0 bridgehead atoms. The summed E-state index contributed by atoms with van der Waals surface area (Å²) in [5.74, 6) is -1.37. The normalized spacial score (nSPS) is 11.4. The van der Waals surface area contributed by atoms with Crippen LogP contribution in [-0.2, 0) is 20.0 Å². The number of anilines is 2. The van der Waals surface area contributed by atoms with Gasteiger partial charge in [-0.1, -0.05) is 6.07 Å². The standard InChI is InChI=1S/C17H11N7O12S2/c25-21(26)10-4-1-5-11(22(27)28)16(10)37(33,34)19-14-8-3-9-15(18-14)20-38(35,36)17-12(23(29)30)6-2-7-13(17)24(31)32/h1-9H,(H2,18,19,20). The number of aromatic nitrogens is 1. The summed E-state index contributed by atoms with van der Waals surface area (Å²) >= 11 is 0. The molecule has 3 rings (SSSR count). The molecule has 19 nitrogen and oxygen atoms in total. The van der Waals surface area contributed by atoms with Crippen molar-refractivity contribution < 1.29 is 36.5 Å². The van der Waals surface area contributed by atoms with Gasteiger partial charge < -0.3 is 0 Å². The molecule has 2 N–H and O–H groups in total. The van der Waals surface area contributed by atoms with E-state index in [1.807, 2.05) is 0 Å². The van der Waals surface area contributed by atoms with E-state index in [1.165, 1.54) is 0 Å². The summed E-state index contributed by atoms with van der Waals surface area (Å²) in [7, 11) is -10.1. The molecule has 1 heterocycles. The average Bonchev–Trinajstić information content (AvgIpc) is 2.82. The molecule has 38 heavy (non-hydrogen) atoms. The number of sulfonamides is 2. The summed E-state index contributed by atoms with van der Waals surface area (Å²) < 4.78 is 54.9. The van der Waals surface area contributed by atoms with Crippen LogP contribution in [0.2, 0.25) is 0 Å². The summed E-state index contributed by atoms with van der Waals surface area (Å²) in [5.41, 5.74) is -4.53. The van der Waals surface area contributed by atoms with Gasteiger partial charge in [-0.15, -0.1) is 0 Å². The number of nitro groups is 4. The number of nitro benzene ring substituents is 4. The number of rotatable bonds is 10. The first-order chi connectivity index (χ1) is 17.7. The molecule has 0 radical (unpaired) electrons. The van der Waals surface area contributed by atoms with Crippen molar-refractivity contribution in [1.29, 1.82) is 0 Å². The first kappa shape index (κ1) is 27.3. The molecule has 0 saturated heterocycles. The lowest BCUT2D eigenvalue weighted by atomic mass is 10.3. The van der Waals surface area contributed by atoms with Crippen LogP contribution in [0.5, 0.6) is 0 Å². The Morgan fingerprint density at radius 2 is 0.789 bits per heavy atom.